The maximum atomic E-state index is 9.74. The number of hydrogen-bond acceptors (Lipinski definition) is 7. The van der Waals surface area contributed by atoms with Crippen molar-refractivity contribution in [1.29, 1.82) is 0 Å². The van der Waals surface area contributed by atoms with Gasteiger partial charge in [0, 0.05) is 0 Å². The number of nitrogens with zero attached hydrogens (tertiary/aromatic N) is 3. The van der Waals surface area contributed by atoms with Crippen molar-refractivity contribution in [2.75, 3.05) is 0 Å². The van der Waals surface area contributed by atoms with E-state index in [9.17, 15) is 4.79 Å². The third-order valence-corrected chi connectivity index (χ3v) is 11.2. The normalized spacial score (nSPS) is 8.67. The first-order chi connectivity index (χ1) is 41.2. The molecule has 14 rings (SSSR count). The SMILES string of the molecule is C.CC.CC.CC.CC.CC.CC.CC.CC.O=c1occo1.c1cc2ccc3cccc4ccc(c1)c2c34.c1ccc2cc3ccccc3cc2c1.c1ccc2cccc-2cc1.c1ccc2ccccc2c1.c1ccsc1.c1ncncn1. The molecule has 9 aromatic carbocycles. The standard InChI is InChI=1S/C16H10.C14H10.2C10H8.C4H4S.C3H3N3.C3H2O3.8C2H6.CH4/c1-3-11-7-9-13-5-2-6-14-10-8-12(4-1)15(11)16(13)14;1-2-6-12-10-14-8-4-3-7-13(14)9-11(12)5-1;1-2-6-10-8-4-3-7-9(10)5-1;1-2-5-9-7-4-8-10(9)6-3-1;1-2-4-5-3-1;1-4-2-6-3-5-1;4-3-5-1-2-6-3;8*1-2;/h1-10H;1-10H;2*1-8H;1-4H;1-3H;1-2H;8*1-2H3;1H4. The molecule has 2 aliphatic carbocycles. The largest absolute Gasteiger partial charge is 0.518 e. The van der Waals surface area contributed by atoms with Crippen LogP contribution in [0.1, 0.15) is 118 Å². The number of hydrogen-bond donors (Lipinski definition) is 0. The molecule has 0 saturated carbocycles. The molecule has 2 aliphatic rings. The molecule has 0 saturated heterocycles. The fourth-order valence-corrected chi connectivity index (χ4v) is 7.90. The van der Waals surface area contributed by atoms with Crippen LogP contribution >= 0.6 is 11.3 Å². The third-order valence-electron chi connectivity index (χ3n) is 10.5. The summed E-state index contributed by atoms with van der Waals surface area (Å²) < 4.78 is 8.22. The van der Waals surface area contributed by atoms with Gasteiger partial charge in [0.25, 0.3) is 0 Å². The first-order valence-corrected chi connectivity index (χ1v) is 30.6. The van der Waals surface area contributed by atoms with Crippen LogP contribution in [-0.4, -0.2) is 15.0 Å². The molecule has 0 radical (unpaired) electrons. The van der Waals surface area contributed by atoms with Crippen LogP contribution in [-0.2, 0) is 0 Å². The minimum Gasteiger partial charge on any atom is -0.399 e. The Morgan fingerprint density at radius 3 is 0.750 bits per heavy atom. The highest BCUT2D eigenvalue weighted by Crippen LogP contribution is 2.34. The summed E-state index contributed by atoms with van der Waals surface area (Å²) in [7, 11) is 0. The smallest absolute Gasteiger partial charge is 0.399 e. The van der Waals surface area contributed by atoms with Gasteiger partial charge in [0.2, 0.25) is 0 Å². The Balaban J connectivity index is 0. The van der Waals surface area contributed by atoms with E-state index in [1.54, 1.807) is 11.3 Å². The summed E-state index contributed by atoms with van der Waals surface area (Å²) in [5.74, 6) is -0.657. The molecule has 0 atom stereocenters. The van der Waals surface area contributed by atoms with Crippen molar-refractivity contribution in [3.63, 3.8) is 0 Å². The lowest BCUT2D eigenvalue weighted by Crippen LogP contribution is -1.83. The van der Waals surface area contributed by atoms with Gasteiger partial charge in [0.05, 0.1) is 0 Å². The maximum absolute atomic E-state index is 9.74. The van der Waals surface area contributed by atoms with Crippen molar-refractivity contribution >= 4 is 76.0 Å². The lowest BCUT2D eigenvalue weighted by Gasteiger charge is -2.09. The van der Waals surface area contributed by atoms with Crippen LogP contribution in [0.2, 0.25) is 0 Å². The molecule has 0 amide bonds. The average molecular weight is 1140 g/mol. The molecule has 0 spiro atoms. The van der Waals surface area contributed by atoms with Crippen molar-refractivity contribution in [1.82, 2.24) is 15.0 Å². The Morgan fingerprint density at radius 2 is 0.512 bits per heavy atom. The number of thiophene rings is 1. The Kier molecular flexibility index (Phi) is 48.1. The van der Waals surface area contributed by atoms with E-state index in [2.05, 4.69) is 236 Å². The molecule has 12 aromatic rings. The van der Waals surface area contributed by atoms with E-state index >= 15 is 0 Å². The van der Waals surface area contributed by atoms with Crippen LogP contribution in [0, 0.1) is 0 Å². The van der Waals surface area contributed by atoms with Crippen molar-refractivity contribution < 1.29 is 8.83 Å². The van der Waals surface area contributed by atoms with Gasteiger partial charge >= 0.3 is 5.82 Å². The van der Waals surface area contributed by atoms with Gasteiger partial charge in [0.15, 0.2) is 0 Å². The second-order valence-electron chi connectivity index (χ2n) is 14.9. The molecular formula is C77H97N3O3S. The molecule has 7 heteroatoms. The molecule has 0 N–H and O–H groups in total. The molecule has 0 fully saturated rings. The summed E-state index contributed by atoms with van der Waals surface area (Å²) in [4.78, 5) is 20.4. The third kappa shape index (κ3) is 27.8. The predicted molar refractivity (Wildman–Crippen MR) is 378 cm³/mol. The Hall–Kier alpha value is -8.78. The fraction of sp³-hybridized carbons (Fsp3) is 0.221. The van der Waals surface area contributed by atoms with Crippen LogP contribution < -0.4 is 5.82 Å². The van der Waals surface area contributed by atoms with E-state index in [1.165, 1.54) is 107 Å². The minimum atomic E-state index is -0.657. The van der Waals surface area contributed by atoms with Gasteiger partial charge in [-0.25, -0.2) is 19.7 Å². The van der Waals surface area contributed by atoms with Gasteiger partial charge in [-0.05, 0) is 98.7 Å². The first-order valence-electron chi connectivity index (χ1n) is 29.6. The molecule has 6 nitrogen and oxygen atoms in total. The summed E-state index contributed by atoms with van der Waals surface area (Å²) in [6.45, 7) is 32.0. The maximum Gasteiger partial charge on any atom is 0.518 e. The van der Waals surface area contributed by atoms with E-state index in [0.717, 1.165) is 0 Å². The van der Waals surface area contributed by atoms with Crippen molar-refractivity contribution in [2.24, 2.45) is 0 Å². The Bertz CT molecular complexity index is 3260. The van der Waals surface area contributed by atoms with Crippen LogP contribution in [0.5, 0.6) is 0 Å². The van der Waals surface area contributed by atoms with Crippen LogP contribution in [0.4, 0.5) is 0 Å². The van der Waals surface area contributed by atoms with Crippen LogP contribution in [0.25, 0.3) is 75.8 Å². The van der Waals surface area contributed by atoms with Crippen molar-refractivity contribution in [3.8, 4) is 11.1 Å². The first kappa shape index (κ1) is 77.3. The van der Waals surface area contributed by atoms with E-state index in [4.69, 9.17) is 0 Å². The zero-order valence-corrected chi connectivity index (χ0v) is 53.3. The summed E-state index contributed by atoms with van der Waals surface area (Å²) in [5, 5.41) is 20.1. The highest BCUT2D eigenvalue weighted by Gasteiger charge is 2.06. The lowest BCUT2D eigenvalue weighted by atomic mass is 9.95. The minimum absolute atomic E-state index is 0. The van der Waals surface area contributed by atoms with Gasteiger partial charge in [-0.1, -0.05) is 337 Å². The van der Waals surface area contributed by atoms with E-state index in [1.807, 2.05) is 140 Å². The molecule has 444 valence electrons. The molecule has 3 aromatic heterocycles. The molecule has 3 heterocycles. The number of aromatic nitrogens is 3. The quantitative estimate of drug-likeness (QED) is 0.111. The highest BCUT2D eigenvalue weighted by atomic mass is 32.1. The summed E-state index contributed by atoms with van der Waals surface area (Å²) in [6, 6.07) is 80.7. The number of rotatable bonds is 0. The molecule has 0 bridgehead atoms. The number of benzene rings is 9. The van der Waals surface area contributed by atoms with Gasteiger partial charge in [0.1, 0.15) is 31.5 Å². The van der Waals surface area contributed by atoms with Gasteiger partial charge in [-0.2, -0.15) is 11.3 Å². The average Bonchev–Trinajstić information content (AvgIpc) is 2.23. The van der Waals surface area contributed by atoms with Gasteiger partial charge < -0.3 is 8.83 Å². The zero-order valence-electron chi connectivity index (χ0n) is 52.5. The lowest BCUT2D eigenvalue weighted by molar-refractivity contribution is 0.385. The van der Waals surface area contributed by atoms with Crippen LogP contribution in [0.3, 0.4) is 0 Å². The van der Waals surface area contributed by atoms with E-state index < -0.39 is 5.82 Å². The summed E-state index contributed by atoms with van der Waals surface area (Å²) in [6.07, 6.45) is 6.68. The zero-order chi connectivity index (χ0) is 61.7. The topological polar surface area (TPSA) is 82.0 Å². The van der Waals surface area contributed by atoms with Gasteiger partial charge in [-0.15, -0.1) is 0 Å². The molecule has 0 unspecified atom stereocenters. The van der Waals surface area contributed by atoms with Crippen molar-refractivity contribution in [3.05, 3.63) is 283 Å². The predicted octanol–water partition coefficient (Wildman–Crippen LogP) is 24.9. The van der Waals surface area contributed by atoms with Crippen molar-refractivity contribution in [2.45, 2.75) is 118 Å². The number of fused-ring (bicyclic) bond motifs is 4. The van der Waals surface area contributed by atoms with Crippen LogP contribution in [0.15, 0.2) is 286 Å². The molecule has 84 heavy (non-hydrogen) atoms. The second-order valence-corrected chi connectivity index (χ2v) is 15.7. The Morgan fingerprint density at radius 1 is 0.274 bits per heavy atom. The summed E-state index contributed by atoms with van der Waals surface area (Å²) in [5.41, 5.74) is 2.62. The molecular weight excluding hydrogens is 1050 g/mol. The van der Waals surface area contributed by atoms with E-state index in [-0.39, 0.29) is 7.43 Å². The molecule has 0 aliphatic heterocycles. The summed E-state index contributed by atoms with van der Waals surface area (Å²) >= 11 is 1.71. The monoisotopic (exact) mass is 1140 g/mol. The van der Waals surface area contributed by atoms with Gasteiger partial charge in [-0.3, -0.25) is 0 Å². The Labute approximate surface area is 509 Å². The fourth-order valence-electron chi connectivity index (χ4n) is 7.45. The second kappa shape index (κ2) is 52.3. The van der Waals surface area contributed by atoms with E-state index in [0.29, 0.717) is 0 Å². The highest BCUT2D eigenvalue weighted by molar-refractivity contribution is 7.07.